The molecule has 0 bridgehead atoms. The maximum absolute atomic E-state index is 13.9. The van der Waals surface area contributed by atoms with Gasteiger partial charge in [0.2, 0.25) is 10.0 Å². The Kier molecular flexibility index (Phi) is 4.60. The van der Waals surface area contributed by atoms with Crippen molar-refractivity contribution in [3.05, 3.63) is 21.7 Å². The first-order valence-electron chi connectivity index (χ1n) is 10.7. The highest BCUT2D eigenvalue weighted by molar-refractivity contribution is 9.11. The number of carbonyl (C=O) groups is 1. The molecule has 3 fully saturated rings. The van der Waals surface area contributed by atoms with E-state index in [9.17, 15) is 13.2 Å². The van der Waals surface area contributed by atoms with Crippen LogP contribution in [0, 0.1) is 11.8 Å². The Morgan fingerprint density at radius 3 is 2.54 bits per heavy atom. The van der Waals surface area contributed by atoms with E-state index >= 15 is 0 Å². The molecule has 0 radical (unpaired) electrons. The van der Waals surface area contributed by atoms with E-state index < -0.39 is 14.8 Å². The van der Waals surface area contributed by atoms with Crippen molar-refractivity contribution in [2.45, 2.75) is 69.1 Å². The van der Waals surface area contributed by atoms with Gasteiger partial charge in [0.1, 0.15) is 4.75 Å². The molecule has 5 aliphatic rings. The SMILES string of the molecule is CC(C1CC1)N1CC2=C(C1=O)[C@@](CCC1CC1)(S(=O)(=O)N1CCC1)CC(Br)=C2. The largest absolute Gasteiger partial charge is 0.332 e. The van der Waals surface area contributed by atoms with Gasteiger partial charge >= 0.3 is 0 Å². The van der Waals surface area contributed by atoms with Crippen LogP contribution in [0.3, 0.4) is 0 Å². The molecule has 1 amide bonds. The summed E-state index contributed by atoms with van der Waals surface area (Å²) in [5.74, 6) is 1.19. The highest BCUT2D eigenvalue weighted by atomic mass is 79.9. The lowest BCUT2D eigenvalue weighted by molar-refractivity contribution is -0.128. The molecule has 0 aromatic rings. The minimum absolute atomic E-state index is 0.0226. The Morgan fingerprint density at radius 2 is 1.96 bits per heavy atom. The maximum Gasteiger partial charge on any atom is 0.252 e. The Morgan fingerprint density at radius 1 is 1.25 bits per heavy atom. The summed E-state index contributed by atoms with van der Waals surface area (Å²) in [5.41, 5.74) is 1.52. The molecular formula is C21H29BrN2O3S. The molecular weight excluding hydrogens is 440 g/mol. The van der Waals surface area contributed by atoms with Crippen LogP contribution in [0.5, 0.6) is 0 Å². The molecule has 2 atom stereocenters. The Bertz CT molecular complexity index is 868. The monoisotopic (exact) mass is 468 g/mol. The van der Waals surface area contributed by atoms with E-state index in [4.69, 9.17) is 0 Å². The van der Waals surface area contributed by atoms with Crippen LogP contribution in [0.4, 0.5) is 0 Å². The Balaban J connectivity index is 1.56. The summed E-state index contributed by atoms with van der Waals surface area (Å²) in [4.78, 5) is 15.6. The first-order valence-corrected chi connectivity index (χ1v) is 13.0. The number of allylic oxidation sites excluding steroid dienone is 1. The molecule has 7 heteroatoms. The Hall–Kier alpha value is -0.660. The average Bonchev–Trinajstić information content (AvgIpc) is 3.48. The zero-order valence-corrected chi connectivity index (χ0v) is 18.9. The van der Waals surface area contributed by atoms with Crippen LogP contribution in [-0.2, 0) is 14.8 Å². The lowest BCUT2D eigenvalue weighted by Crippen LogP contribution is -2.56. The summed E-state index contributed by atoms with van der Waals surface area (Å²) in [6, 6.07) is 0.193. The molecule has 2 heterocycles. The first kappa shape index (κ1) is 19.3. The minimum Gasteiger partial charge on any atom is -0.332 e. The van der Waals surface area contributed by atoms with E-state index in [-0.39, 0.29) is 11.9 Å². The molecule has 1 saturated heterocycles. The van der Waals surface area contributed by atoms with Gasteiger partial charge in [0, 0.05) is 37.7 Å². The number of carbonyl (C=O) groups excluding carboxylic acids is 1. The van der Waals surface area contributed by atoms with E-state index in [0.29, 0.717) is 49.9 Å². The lowest BCUT2D eigenvalue weighted by Gasteiger charge is -2.43. The zero-order valence-electron chi connectivity index (χ0n) is 16.5. The molecule has 0 aromatic heterocycles. The maximum atomic E-state index is 13.9. The summed E-state index contributed by atoms with van der Waals surface area (Å²) in [6.07, 6.45) is 9.54. The Labute approximate surface area is 176 Å². The number of sulfonamides is 1. The number of hydrogen-bond donors (Lipinski definition) is 0. The molecule has 0 spiro atoms. The topological polar surface area (TPSA) is 57.7 Å². The van der Waals surface area contributed by atoms with Crippen LogP contribution in [-0.4, -0.2) is 54.0 Å². The van der Waals surface area contributed by atoms with Crippen molar-refractivity contribution in [2.75, 3.05) is 19.6 Å². The second kappa shape index (κ2) is 6.67. The number of halogens is 1. The van der Waals surface area contributed by atoms with Gasteiger partial charge in [-0.25, -0.2) is 12.7 Å². The van der Waals surface area contributed by atoms with Crippen molar-refractivity contribution < 1.29 is 13.2 Å². The normalized spacial score (nSPS) is 32.3. The lowest BCUT2D eigenvalue weighted by atomic mass is 9.83. The summed E-state index contributed by atoms with van der Waals surface area (Å²) in [7, 11) is -3.57. The van der Waals surface area contributed by atoms with E-state index in [1.807, 2.05) is 11.0 Å². The van der Waals surface area contributed by atoms with Crippen molar-refractivity contribution in [2.24, 2.45) is 11.8 Å². The van der Waals surface area contributed by atoms with Gasteiger partial charge in [-0.15, -0.1) is 0 Å². The summed E-state index contributed by atoms with van der Waals surface area (Å²) in [5, 5.41) is 0. The van der Waals surface area contributed by atoms with Crippen LogP contribution in [0.1, 0.15) is 58.3 Å². The number of rotatable bonds is 7. The quantitative estimate of drug-likeness (QED) is 0.573. The van der Waals surface area contributed by atoms with Crippen LogP contribution < -0.4 is 0 Å². The summed E-state index contributed by atoms with van der Waals surface area (Å²) < 4.78 is 29.2. The van der Waals surface area contributed by atoms with Crippen molar-refractivity contribution >= 4 is 31.9 Å². The van der Waals surface area contributed by atoms with Gasteiger partial charge in [0.15, 0.2) is 0 Å². The molecule has 3 aliphatic carbocycles. The van der Waals surface area contributed by atoms with Crippen LogP contribution in [0.2, 0.25) is 0 Å². The molecule has 1 unspecified atom stereocenters. The fourth-order valence-corrected chi connectivity index (χ4v) is 8.53. The second-order valence-corrected chi connectivity index (χ2v) is 12.7. The zero-order chi connectivity index (χ0) is 19.7. The van der Waals surface area contributed by atoms with Gasteiger partial charge in [-0.3, -0.25) is 4.79 Å². The predicted octanol–water partition coefficient (Wildman–Crippen LogP) is 3.57. The van der Waals surface area contributed by atoms with Crippen LogP contribution in [0.15, 0.2) is 21.7 Å². The van der Waals surface area contributed by atoms with Crippen molar-refractivity contribution in [1.82, 2.24) is 9.21 Å². The molecule has 0 N–H and O–H groups in total. The third-order valence-electron chi connectivity index (χ3n) is 7.48. The van der Waals surface area contributed by atoms with E-state index in [2.05, 4.69) is 22.9 Å². The molecule has 154 valence electrons. The summed E-state index contributed by atoms with van der Waals surface area (Å²) >= 11 is 3.64. The molecule has 5 nitrogen and oxygen atoms in total. The number of nitrogens with zero attached hydrogens (tertiary/aromatic N) is 2. The van der Waals surface area contributed by atoms with Gasteiger partial charge < -0.3 is 4.90 Å². The third kappa shape index (κ3) is 2.95. The predicted molar refractivity (Wildman–Crippen MR) is 112 cm³/mol. The first-order chi connectivity index (χ1) is 13.3. The molecule has 5 rings (SSSR count). The number of hydrogen-bond acceptors (Lipinski definition) is 3. The van der Waals surface area contributed by atoms with Crippen molar-refractivity contribution in [3.8, 4) is 0 Å². The smallest absolute Gasteiger partial charge is 0.252 e. The fraction of sp³-hybridized carbons (Fsp3) is 0.762. The highest BCUT2D eigenvalue weighted by Gasteiger charge is 2.58. The van der Waals surface area contributed by atoms with Gasteiger partial charge in [0.05, 0.1) is 0 Å². The van der Waals surface area contributed by atoms with Gasteiger partial charge in [-0.1, -0.05) is 28.8 Å². The van der Waals surface area contributed by atoms with Crippen LogP contribution in [0.25, 0.3) is 0 Å². The third-order valence-corrected chi connectivity index (χ3v) is 10.6. The van der Waals surface area contributed by atoms with Gasteiger partial charge in [0.25, 0.3) is 5.91 Å². The highest BCUT2D eigenvalue weighted by Crippen LogP contribution is 2.52. The second-order valence-electron chi connectivity index (χ2n) is 9.41. The molecule has 2 saturated carbocycles. The standard InChI is InChI=1S/C21H29BrN2O3S/c1-14(16-5-6-16)24-13-17-11-18(22)12-21(19(17)20(24)25,8-7-15-3-4-15)28(26,27)23-9-2-10-23/h11,14-16H,2-10,12-13H2,1H3/t14?,21-/m0/s1. The average molecular weight is 469 g/mol. The van der Waals surface area contributed by atoms with E-state index in [0.717, 1.165) is 22.9 Å². The minimum atomic E-state index is -3.57. The van der Waals surface area contributed by atoms with Gasteiger partial charge in [-0.05, 0) is 67.0 Å². The van der Waals surface area contributed by atoms with Crippen LogP contribution >= 0.6 is 15.9 Å². The molecule has 2 aliphatic heterocycles. The summed E-state index contributed by atoms with van der Waals surface area (Å²) in [6.45, 7) is 3.87. The number of amides is 1. The van der Waals surface area contributed by atoms with E-state index in [1.165, 1.54) is 25.7 Å². The molecule has 28 heavy (non-hydrogen) atoms. The fourth-order valence-electron chi connectivity index (χ4n) is 5.17. The molecule has 0 aromatic carbocycles. The van der Waals surface area contributed by atoms with Crippen molar-refractivity contribution in [3.63, 3.8) is 0 Å². The van der Waals surface area contributed by atoms with Gasteiger partial charge in [-0.2, -0.15) is 0 Å². The van der Waals surface area contributed by atoms with Crippen molar-refractivity contribution in [1.29, 1.82) is 0 Å². The van der Waals surface area contributed by atoms with E-state index in [1.54, 1.807) is 4.31 Å².